The second-order valence-corrected chi connectivity index (χ2v) is 5.47. The van der Waals surface area contributed by atoms with Crippen molar-refractivity contribution in [3.63, 3.8) is 0 Å². The predicted octanol–water partition coefficient (Wildman–Crippen LogP) is 3.22. The highest BCUT2D eigenvalue weighted by atomic mass is 16.6. The lowest BCUT2D eigenvalue weighted by atomic mass is 10.1. The number of benzene rings is 2. The van der Waals surface area contributed by atoms with E-state index in [1.807, 2.05) is 6.07 Å². The minimum absolute atomic E-state index is 0.00685. The van der Waals surface area contributed by atoms with Crippen molar-refractivity contribution in [1.29, 1.82) is 0 Å². The van der Waals surface area contributed by atoms with Crippen molar-refractivity contribution in [3.8, 4) is 0 Å². The van der Waals surface area contributed by atoms with Crippen LogP contribution in [0.3, 0.4) is 0 Å². The summed E-state index contributed by atoms with van der Waals surface area (Å²) in [6.07, 6.45) is 0.251. The Labute approximate surface area is 139 Å². The number of carbonyl (C=O) groups excluding carboxylic acids is 2. The Morgan fingerprint density at radius 3 is 2.42 bits per heavy atom. The van der Waals surface area contributed by atoms with Gasteiger partial charge in [-0.25, -0.2) is 0 Å². The number of carbonyl (C=O) groups is 2. The summed E-state index contributed by atoms with van der Waals surface area (Å²) in [5, 5.41) is 10.8. The second kappa shape index (κ2) is 8.01. The standard InChI is InChI=1S/C18H18N2O4/c1-19(13-14-6-5-9-16(12-14)20(23)24)18(22)11-10-17(21)15-7-3-2-4-8-15/h2-9,12H,10-11,13H2,1H3. The fraction of sp³-hybridized carbons (Fsp3) is 0.222. The summed E-state index contributed by atoms with van der Waals surface area (Å²) in [7, 11) is 1.62. The number of hydrogen-bond acceptors (Lipinski definition) is 4. The first-order valence-corrected chi connectivity index (χ1v) is 7.53. The van der Waals surface area contributed by atoms with Crippen LogP contribution in [0, 0.1) is 10.1 Å². The van der Waals surface area contributed by atoms with Crippen LogP contribution in [0.1, 0.15) is 28.8 Å². The summed E-state index contributed by atoms with van der Waals surface area (Å²) in [6.45, 7) is 0.264. The number of hydrogen-bond donors (Lipinski definition) is 0. The van der Waals surface area contributed by atoms with Gasteiger partial charge in [0, 0.05) is 44.1 Å². The van der Waals surface area contributed by atoms with Gasteiger partial charge in [-0.3, -0.25) is 19.7 Å². The first-order valence-electron chi connectivity index (χ1n) is 7.53. The zero-order chi connectivity index (χ0) is 17.5. The minimum Gasteiger partial charge on any atom is -0.341 e. The van der Waals surface area contributed by atoms with E-state index in [0.29, 0.717) is 11.1 Å². The van der Waals surface area contributed by atoms with E-state index in [4.69, 9.17) is 0 Å². The second-order valence-electron chi connectivity index (χ2n) is 5.47. The van der Waals surface area contributed by atoms with Crippen molar-refractivity contribution in [3.05, 3.63) is 75.8 Å². The molecule has 1 amide bonds. The van der Waals surface area contributed by atoms with Crippen LogP contribution in [-0.4, -0.2) is 28.6 Å². The van der Waals surface area contributed by atoms with Gasteiger partial charge >= 0.3 is 0 Å². The molecule has 2 aromatic rings. The zero-order valence-corrected chi connectivity index (χ0v) is 13.3. The van der Waals surface area contributed by atoms with Gasteiger partial charge in [0.2, 0.25) is 5.91 Å². The highest BCUT2D eigenvalue weighted by Crippen LogP contribution is 2.15. The highest BCUT2D eigenvalue weighted by Gasteiger charge is 2.14. The fourth-order valence-corrected chi connectivity index (χ4v) is 2.31. The maximum Gasteiger partial charge on any atom is 0.269 e. The normalized spacial score (nSPS) is 10.2. The molecule has 0 bridgehead atoms. The van der Waals surface area contributed by atoms with Crippen molar-refractivity contribution >= 4 is 17.4 Å². The van der Waals surface area contributed by atoms with Gasteiger partial charge in [-0.1, -0.05) is 42.5 Å². The lowest BCUT2D eigenvalue weighted by Crippen LogP contribution is -2.26. The molecule has 0 aliphatic heterocycles. The molecule has 0 aliphatic carbocycles. The van der Waals surface area contributed by atoms with Crippen LogP contribution in [0.25, 0.3) is 0 Å². The number of nitrogens with zero attached hydrogens (tertiary/aromatic N) is 2. The number of nitro benzene ring substituents is 1. The molecule has 24 heavy (non-hydrogen) atoms. The zero-order valence-electron chi connectivity index (χ0n) is 13.3. The van der Waals surface area contributed by atoms with Crippen LogP contribution in [0.2, 0.25) is 0 Å². The van der Waals surface area contributed by atoms with Crippen molar-refractivity contribution < 1.29 is 14.5 Å². The van der Waals surface area contributed by atoms with Gasteiger partial charge in [-0.2, -0.15) is 0 Å². The Morgan fingerprint density at radius 2 is 1.75 bits per heavy atom. The van der Waals surface area contributed by atoms with Crippen molar-refractivity contribution in [2.75, 3.05) is 7.05 Å². The predicted molar refractivity (Wildman–Crippen MR) is 89.6 cm³/mol. The molecule has 0 N–H and O–H groups in total. The van der Waals surface area contributed by atoms with Crippen LogP contribution in [0.5, 0.6) is 0 Å². The Balaban J connectivity index is 1.89. The van der Waals surface area contributed by atoms with Gasteiger partial charge in [0.25, 0.3) is 5.69 Å². The molecule has 0 heterocycles. The third-order valence-corrected chi connectivity index (χ3v) is 3.63. The number of amides is 1. The molecule has 0 aromatic heterocycles. The van der Waals surface area contributed by atoms with Gasteiger partial charge in [-0.05, 0) is 5.56 Å². The number of non-ortho nitro benzene ring substituents is 1. The van der Waals surface area contributed by atoms with Crippen molar-refractivity contribution in [2.24, 2.45) is 0 Å². The van der Waals surface area contributed by atoms with Gasteiger partial charge in [0.1, 0.15) is 0 Å². The van der Waals surface area contributed by atoms with Gasteiger partial charge in [0.05, 0.1) is 4.92 Å². The van der Waals surface area contributed by atoms with E-state index >= 15 is 0 Å². The largest absolute Gasteiger partial charge is 0.341 e. The van der Waals surface area contributed by atoms with E-state index in [1.165, 1.54) is 17.0 Å². The number of Topliss-reactive ketones (excluding diaryl/α,β-unsaturated/α-hetero) is 1. The molecule has 0 unspecified atom stereocenters. The molecular formula is C18H18N2O4. The Bertz CT molecular complexity index is 744. The average Bonchev–Trinajstić information content (AvgIpc) is 2.60. The molecule has 0 atom stereocenters. The first kappa shape index (κ1) is 17.3. The Kier molecular flexibility index (Phi) is 5.78. The van der Waals surface area contributed by atoms with E-state index in [-0.39, 0.29) is 36.8 Å². The molecule has 0 saturated carbocycles. The lowest BCUT2D eigenvalue weighted by Gasteiger charge is -2.17. The van der Waals surface area contributed by atoms with Gasteiger partial charge in [-0.15, -0.1) is 0 Å². The van der Waals surface area contributed by atoms with Crippen LogP contribution >= 0.6 is 0 Å². The van der Waals surface area contributed by atoms with Crippen LogP contribution < -0.4 is 0 Å². The average molecular weight is 326 g/mol. The number of ketones is 1. The van der Waals surface area contributed by atoms with E-state index in [9.17, 15) is 19.7 Å². The van der Waals surface area contributed by atoms with Crippen LogP contribution in [-0.2, 0) is 11.3 Å². The minimum atomic E-state index is -0.468. The summed E-state index contributed by atoms with van der Waals surface area (Å²) in [5.74, 6) is -0.251. The number of rotatable bonds is 7. The molecule has 6 heteroatoms. The van der Waals surface area contributed by atoms with Crippen LogP contribution in [0.15, 0.2) is 54.6 Å². The topological polar surface area (TPSA) is 80.5 Å². The number of nitro groups is 1. The third kappa shape index (κ3) is 4.74. The Hall–Kier alpha value is -3.02. The van der Waals surface area contributed by atoms with E-state index < -0.39 is 4.92 Å². The summed E-state index contributed by atoms with van der Waals surface area (Å²) < 4.78 is 0. The maximum atomic E-state index is 12.1. The van der Waals surface area contributed by atoms with Crippen molar-refractivity contribution in [2.45, 2.75) is 19.4 Å². The molecule has 0 saturated heterocycles. The molecule has 0 aliphatic rings. The molecule has 2 aromatic carbocycles. The smallest absolute Gasteiger partial charge is 0.269 e. The lowest BCUT2D eigenvalue weighted by molar-refractivity contribution is -0.384. The fourth-order valence-electron chi connectivity index (χ4n) is 2.31. The maximum absolute atomic E-state index is 12.1. The van der Waals surface area contributed by atoms with Gasteiger partial charge < -0.3 is 4.90 Å². The monoisotopic (exact) mass is 326 g/mol. The molecule has 6 nitrogen and oxygen atoms in total. The van der Waals surface area contributed by atoms with Crippen LogP contribution in [0.4, 0.5) is 5.69 Å². The van der Waals surface area contributed by atoms with Crippen molar-refractivity contribution in [1.82, 2.24) is 4.90 Å². The SMILES string of the molecule is CN(Cc1cccc([N+](=O)[O-])c1)C(=O)CCC(=O)c1ccccc1. The molecule has 2 rings (SSSR count). The van der Waals surface area contributed by atoms with Gasteiger partial charge in [0.15, 0.2) is 5.78 Å². The first-order chi connectivity index (χ1) is 11.5. The quantitative estimate of drug-likeness (QED) is 0.444. The molecule has 0 radical (unpaired) electrons. The summed E-state index contributed by atoms with van der Waals surface area (Å²) in [4.78, 5) is 35.9. The van der Waals surface area contributed by atoms with E-state index in [2.05, 4.69) is 0 Å². The summed E-state index contributed by atoms with van der Waals surface area (Å²) >= 11 is 0. The Morgan fingerprint density at radius 1 is 1.04 bits per heavy atom. The molecule has 0 fully saturated rings. The molecule has 124 valence electrons. The molecular weight excluding hydrogens is 308 g/mol. The summed E-state index contributed by atoms with van der Waals surface area (Å²) in [5.41, 5.74) is 1.26. The third-order valence-electron chi connectivity index (χ3n) is 3.63. The van der Waals surface area contributed by atoms with E-state index in [0.717, 1.165) is 0 Å². The highest BCUT2D eigenvalue weighted by molar-refractivity contribution is 5.97. The van der Waals surface area contributed by atoms with E-state index in [1.54, 1.807) is 43.4 Å². The molecule has 0 spiro atoms. The summed E-state index contributed by atoms with van der Waals surface area (Å²) in [6, 6.07) is 15.0.